The fourth-order valence-electron chi connectivity index (χ4n) is 5.78. The Balaban J connectivity index is 2.07. The zero-order chi connectivity index (χ0) is 30.8. The fraction of sp³-hybridized carbons (Fsp3) is 0.655. The molecule has 2 N–H and O–H groups in total. The molecule has 12 heteroatoms. The highest BCUT2D eigenvalue weighted by molar-refractivity contribution is 5.99. The number of hydrogen-bond donors (Lipinski definition) is 2. The van der Waals surface area contributed by atoms with Gasteiger partial charge in [-0.05, 0) is 55.3 Å². The third-order valence-electron chi connectivity index (χ3n) is 7.68. The van der Waals surface area contributed by atoms with Crippen LogP contribution in [0.5, 0.6) is 0 Å². The molecule has 41 heavy (non-hydrogen) atoms. The highest BCUT2D eigenvalue weighted by atomic mass is 19.4. The Morgan fingerprint density at radius 2 is 1.83 bits per heavy atom. The molecule has 2 fully saturated rings. The largest absolute Gasteiger partial charge is 0.460 e. The molecular weight excluding hydrogens is 549 g/mol. The first-order chi connectivity index (χ1) is 19.0. The number of aliphatic hydroxyl groups is 2. The van der Waals surface area contributed by atoms with Crippen LogP contribution in [0.15, 0.2) is 36.0 Å². The first-order valence-electron chi connectivity index (χ1n) is 13.5. The summed E-state index contributed by atoms with van der Waals surface area (Å²) in [6.45, 7) is 7.44. The number of cyclic esters (lactones) is 2. The first-order valence-corrected chi connectivity index (χ1v) is 13.5. The summed E-state index contributed by atoms with van der Waals surface area (Å²) in [4.78, 5) is 49.1. The summed E-state index contributed by atoms with van der Waals surface area (Å²) in [5.74, 6) is -4.57. The van der Waals surface area contributed by atoms with Crippen molar-refractivity contribution in [2.24, 2.45) is 28.6 Å². The van der Waals surface area contributed by atoms with E-state index in [4.69, 9.17) is 14.6 Å². The summed E-state index contributed by atoms with van der Waals surface area (Å²) in [6.07, 6.45) is -5.22. The molecule has 3 aliphatic rings. The smallest absolute Gasteiger partial charge is 0.400 e. The van der Waals surface area contributed by atoms with Gasteiger partial charge >= 0.3 is 30.1 Å². The van der Waals surface area contributed by atoms with Gasteiger partial charge in [0.1, 0.15) is 12.0 Å². The fourth-order valence-corrected chi connectivity index (χ4v) is 5.78. The Morgan fingerprint density at radius 3 is 2.32 bits per heavy atom. The van der Waals surface area contributed by atoms with Crippen molar-refractivity contribution in [1.29, 1.82) is 0 Å². The van der Waals surface area contributed by atoms with Crippen LogP contribution in [0.1, 0.15) is 59.3 Å². The number of hydrogen-bond acceptors (Lipinski definition) is 9. The van der Waals surface area contributed by atoms with E-state index in [9.17, 15) is 24.3 Å². The number of halogens is 3. The molecule has 6 atom stereocenters. The molecule has 1 saturated carbocycles. The molecule has 0 amide bonds. The first kappa shape index (κ1) is 32.5. The van der Waals surface area contributed by atoms with Gasteiger partial charge in [0.25, 0.3) is 0 Å². The molecular formula is C29H37F3O9. The Morgan fingerprint density at radius 1 is 1.15 bits per heavy atom. The average molecular weight is 587 g/mol. The molecule has 0 spiro atoms. The molecule has 0 radical (unpaired) electrons. The number of rotatable bonds is 12. The lowest BCUT2D eigenvalue weighted by molar-refractivity contribution is -0.237. The molecule has 0 aromatic heterocycles. The van der Waals surface area contributed by atoms with E-state index in [1.54, 1.807) is 20.8 Å². The molecule has 0 aromatic carbocycles. The quantitative estimate of drug-likeness (QED) is 0.115. The van der Waals surface area contributed by atoms with Gasteiger partial charge in [0, 0.05) is 11.1 Å². The number of alkyl halides is 3. The lowest BCUT2D eigenvalue weighted by Gasteiger charge is -2.40. The van der Waals surface area contributed by atoms with Gasteiger partial charge in [0.15, 0.2) is 0 Å². The minimum absolute atomic E-state index is 0.00668. The lowest BCUT2D eigenvalue weighted by Crippen LogP contribution is -2.48. The second kappa shape index (κ2) is 12.5. The second-order valence-corrected chi connectivity index (χ2v) is 12.3. The van der Waals surface area contributed by atoms with Crippen LogP contribution in [0.3, 0.4) is 0 Å². The van der Waals surface area contributed by atoms with Gasteiger partial charge in [-0.25, -0.2) is 14.4 Å². The van der Waals surface area contributed by atoms with Gasteiger partial charge in [-0.2, -0.15) is 13.2 Å². The zero-order valence-electron chi connectivity index (χ0n) is 23.4. The van der Waals surface area contributed by atoms with Gasteiger partial charge in [-0.15, -0.1) is 0 Å². The van der Waals surface area contributed by atoms with Crippen LogP contribution in [0.25, 0.3) is 0 Å². The SMILES string of the molecule is C=C(CC(C=C(CC(C)(C)C)C(=O)OC1CC(=O)OC1=O)(C(O)CC1CC2C=CC1C2)C(F)(F)F)C(=O)OCCO. The molecule has 228 valence electrons. The number of esters is 4. The number of aliphatic hydroxyl groups excluding tert-OH is 2. The van der Waals surface area contributed by atoms with E-state index in [1.807, 2.05) is 12.2 Å². The van der Waals surface area contributed by atoms with Crippen LogP contribution in [0, 0.1) is 28.6 Å². The van der Waals surface area contributed by atoms with Crippen molar-refractivity contribution in [3.8, 4) is 0 Å². The summed E-state index contributed by atoms with van der Waals surface area (Å²) >= 11 is 0. The number of fused-ring (bicyclic) bond motifs is 2. The van der Waals surface area contributed by atoms with Gasteiger partial charge in [-0.1, -0.05) is 45.6 Å². The van der Waals surface area contributed by atoms with Crippen molar-refractivity contribution in [2.75, 3.05) is 13.2 Å². The zero-order valence-corrected chi connectivity index (χ0v) is 23.4. The molecule has 1 heterocycles. The highest BCUT2D eigenvalue weighted by Gasteiger charge is 2.59. The predicted octanol–water partition coefficient (Wildman–Crippen LogP) is 3.73. The van der Waals surface area contributed by atoms with E-state index < -0.39 is 90.3 Å². The normalized spacial score (nSPS) is 26.5. The topological polar surface area (TPSA) is 136 Å². The summed E-state index contributed by atoms with van der Waals surface area (Å²) in [5.41, 5.74) is -5.04. The monoisotopic (exact) mass is 586 g/mol. The Labute approximate surface area is 236 Å². The van der Waals surface area contributed by atoms with Gasteiger partial charge in [-0.3, -0.25) is 4.79 Å². The lowest BCUT2D eigenvalue weighted by atomic mass is 9.70. The molecule has 6 unspecified atom stereocenters. The van der Waals surface area contributed by atoms with E-state index in [0.717, 1.165) is 6.42 Å². The van der Waals surface area contributed by atoms with Gasteiger partial charge in [0.05, 0.1) is 19.1 Å². The van der Waals surface area contributed by atoms with Gasteiger partial charge in [0.2, 0.25) is 6.10 Å². The summed E-state index contributed by atoms with van der Waals surface area (Å²) in [6, 6.07) is 0. The van der Waals surface area contributed by atoms with E-state index in [1.165, 1.54) is 0 Å². The van der Waals surface area contributed by atoms with Crippen molar-refractivity contribution in [2.45, 2.75) is 77.7 Å². The summed E-state index contributed by atoms with van der Waals surface area (Å²) in [7, 11) is 0. The molecule has 0 aromatic rings. The third kappa shape index (κ3) is 7.85. The Kier molecular flexibility index (Phi) is 9.90. The molecule has 1 aliphatic heterocycles. The molecule has 3 rings (SSSR count). The van der Waals surface area contributed by atoms with Crippen LogP contribution in [-0.2, 0) is 33.4 Å². The molecule has 1 saturated heterocycles. The number of carbonyl (C=O) groups is 4. The van der Waals surface area contributed by atoms with Crippen molar-refractivity contribution in [1.82, 2.24) is 0 Å². The highest BCUT2D eigenvalue weighted by Crippen LogP contribution is 2.53. The minimum Gasteiger partial charge on any atom is -0.460 e. The summed E-state index contributed by atoms with van der Waals surface area (Å²) in [5, 5.41) is 20.3. The van der Waals surface area contributed by atoms with Crippen molar-refractivity contribution < 1.29 is 56.8 Å². The van der Waals surface area contributed by atoms with Crippen LogP contribution >= 0.6 is 0 Å². The van der Waals surface area contributed by atoms with E-state index in [2.05, 4.69) is 11.3 Å². The van der Waals surface area contributed by atoms with Gasteiger partial charge < -0.3 is 24.4 Å². The predicted molar refractivity (Wildman–Crippen MR) is 138 cm³/mol. The van der Waals surface area contributed by atoms with E-state index in [0.29, 0.717) is 12.5 Å². The standard InChI is InChI=1S/C29H37F3O9/c1-16(24(36)39-8-7-33)13-28(29(30,31)32,22(34)11-19-10-17-5-6-18(19)9-17)15-20(14-27(2,3)4)25(37)40-21-12-23(35)41-26(21)38/h5-6,15,17-19,21-22,33-34H,1,7-14H2,2-4H3. The average Bonchev–Trinajstić information content (AvgIpc) is 3.55. The maximum absolute atomic E-state index is 15.2. The number of ether oxygens (including phenoxy) is 3. The van der Waals surface area contributed by atoms with Crippen molar-refractivity contribution in [3.63, 3.8) is 0 Å². The second-order valence-electron chi connectivity index (χ2n) is 12.3. The van der Waals surface area contributed by atoms with Crippen LogP contribution in [0.2, 0.25) is 0 Å². The van der Waals surface area contributed by atoms with Crippen molar-refractivity contribution >= 4 is 23.9 Å². The molecule has 9 nitrogen and oxygen atoms in total. The van der Waals surface area contributed by atoms with Crippen LogP contribution in [0.4, 0.5) is 13.2 Å². The summed E-state index contributed by atoms with van der Waals surface area (Å²) < 4.78 is 59.9. The minimum atomic E-state index is -5.19. The van der Waals surface area contributed by atoms with E-state index in [-0.39, 0.29) is 30.6 Å². The number of carbonyl (C=O) groups excluding carboxylic acids is 4. The molecule has 2 bridgehead atoms. The van der Waals surface area contributed by atoms with Crippen LogP contribution in [-0.4, -0.2) is 65.7 Å². The van der Waals surface area contributed by atoms with Crippen LogP contribution < -0.4 is 0 Å². The Hall–Kier alpha value is -2.99. The van der Waals surface area contributed by atoms with Crippen molar-refractivity contribution in [3.05, 3.63) is 36.0 Å². The maximum atomic E-state index is 15.2. The Bertz CT molecular complexity index is 1120. The van der Waals surface area contributed by atoms with E-state index >= 15 is 13.2 Å². The number of allylic oxidation sites excluding steroid dienone is 2. The molecule has 2 aliphatic carbocycles. The maximum Gasteiger partial charge on any atom is 0.400 e. The third-order valence-corrected chi connectivity index (χ3v) is 7.68.